The number of rotatable bonds is 2. The molecule has 186 valence electrons. The van der Waals surface area contributed by atoms with Crippen molar-refractivity contribution in [1.82, 2.24) is 0 Å². The molecule has 6 aliphatic rings. The maximum Gasteiger partial charge on any atom is 0.334 e. The zero-order valence-corrected chi connectivity index (χ0v) is 21.0. The van der Waals surface area contributed by atoms with Crippen molar-refractivity contribution in [2.45, 2.75) is 103 Å². The van der Waals surface area contributed by atoms with Crippen LogP contribution in [0.1, 0.15) is 73.1 Å². The topological polar surface area (TPSA) is 96.4 Å². The second-order valence-electron chi connectivity index (χ2n) is 12.8. The van der Waals surface area contributed by atoms with E-state index in [9.17, 15) is 19.8 Å². The number of carbonyl (C=O) groups excluding carboxylic acids is 2. The summed E-state index contributed by atoms with van der Waals surface area (Å²) in [6.07, 6.45) is 6.96. The van der Waals surface area contributed by atoms with Gasteiger partial charge in [0.2, 0.25) is 0 Å². The molecule has 0 aromatic carbocycles. The van der Waals surface area contributed by atoms with Crippen molar-refractivity contribution >= 4 is 11.8 Å². The van der Waals surface area contributed by atoms with Crippen LogP contribution in [-0.4, -0.2) is 51.5 Å². The van der Waals surface area contributed by atoms with Gasteiger partial charge in [-0.3, -0.25) is 4.79 Å². The van der Waals surface area contributed by atoms with Crippen LogP contribution < -0.4 is 0 Å². The first kappa shape index (κ1) is 22.9. The maximum atomic E-state index is 13.3. The average molecular weight is 471 g/mol. The highest BCUT2D eigenvalue weighted by atomic mass is 16.6. The lowest BCUT2D eigenvalue weighted by molar-refractivity contribution is -0.184. The van der Waals surface area contributed by atoms with Crippen LogP contribution in [0.3, 0.4) is 0 Å². The molecule has 4 aliphatic carbocycles. The van der Waals surface area contributed by atoms with Crippen LogP contribution in [0, 0.1) is 34.5 Å². The van der Waals surface area contributed by atoms with Gasteiger partial charge in [0.1, 0.15) is 23.4 Å². The lowest BCUT2D eigenvalue weighted by atomic mass is 9.44. The summed E-state index contributed by atoms with van der Waals surface area (Å²) in [5, 5.41) is 22.7. The number of aliphatic hydroxyl groups is 2. The smallest absolute Gasteiger partial charge is 0.334 e. The molecule has 6 heteroatoms. The lowest BCUT2D eigenvalue weighted by Crippen LogP contribution is -2.64. The van der Waals surface area contributed by atoms with Crippen LogP contribution in [0.2, 0.25) is 0 Å². The van der Waals surface area contributed by atoms with Gasteiger partial charge >= 0.3 is 5.97 Å². The minimum atomic E-state index is -1.12. The van der Waals surface area contributed by atoms with E-state index in [-0.39, 0.29) is 35.1 Å². The molecule has 4 fully saturated rings. The minimum absolute atomic E-state index is 0.0158. The fourth-order valence-corrected chi connectivity index (χ4v) is 9.56. The molecule has 0 unspecified atom stereocenters. The highest BCUT2D eigenvalue weighted by molar-refractivity contribution is 5.98. The number of ether oxygens (including phenoxy) is 2. The molecule has 6 rings (SSSR count). The van der Waals surface area contributed by atoms with E-state index in [0.29, 0.717) is 23.8 Å². The van der Waals surface area contributed by atoms with Crippen LogP contribution in [0.15, 0.2) is 23.3 Å². The van der Waals surface area contributed by atoms with E-state index in [2.05, 4.69) is 6.92 Å². The Hall–Kier alpha value is -1.50. The van der Waals surface area contributed by atoms with Crippen molar-refractivity contribution in [2.24, 2.45) is 34.5 Å². The summed E-state index contributed by atoms with van der Waals surface area (Å²) in [5.41, 5.74) is -1.02. The number of aliphatic hydroxyl groups excluding tert-OH is 1. The third-order valence-corrected chi connectivity index (χ3v) is 11.7. The molecule has 34 heavy (non-hydrogen) atoms. The number of fused-ring (bicyclic) bond motifs is 4. The van der Waals surface area contributed by atoms with Crippen molar-refractivity contribution in [3.63, 3.8) is 0 Å². The van der Waals surface area contributed by atoms with Crippen molar-refractivity contribution in [3.8, 4) is 0 Å². The van der Waals surface area contributed by atoms with Gasteiger partial charge in [-0.25, -0.2) is 4.79 Å². The molecule has 2 aliphatic heterocycles. The number of carbonyl (C=O) groups is 2. The van der Waals surface area contributed by atoms with Crippen molar-refractivity contribution in [1.29, 1.82) is 0 Å². The SMILES string of the molecule is CC1=C(C)C(=O)O[C@H]([C@@](C)(O)[C@H]2CC[C@H]3[C@H]4C[C@H]5O[C@]56[C@@H](O)C=CC(=O)[C@]6(C)[C@@H]4CC[C@]23C)C1. The molecule has 6 nitrogen and oxygen atoms in total. The molecule has 0 aromatic rings. The Morgan fingerprint density at radius 3 is 2.56 bits per heavy atom. The first-order chi connectivity index (χ1) is 15.9. The highest BCUT2D eigenvalue weighted by Crippen LogP contribution is 2.73. The van der Waals surface area contributed by atoms with Crippen LogP contribution >= 0.6 is 0 Å². The normalized spacial score (nSPS) is 53.3. The van der Waals surface area contributed by atoms with E-state index in [4.69, 9.17) is 9.47 Å². The summed E-state index contributed by atoms with van der Waals surface area (Å²) in [6.45, 7) is 9.96. The minimum Gasteiger partial charge on any atom is -0.456 e. The van der Waals surface area contributed by atoms with Gasteiger partial charge in [0, 0.05) is 12.0 Å². The molecule has 1 spiro atoms. The summed E-state index contributed by atoms with van der Waals surface area (Å²) in [4.78, 5) is 25.7. The first-order valence-corrected chi connectivity index (χ1v) is 13.1. The number of allylic oxidation sites excluding steroid dienone is 1. The van der Waals surface area contributed by atoms with E-state index in [1.165, 1.54) is 0 Å². The Labute approximate surface area is 201 Å². The highest BCUT2D eigenvalue weighted by Gasteiger charge is 2.80. The largest absolute Gasteiger partial charge is 0.456 e. The zero-order chi connectivity index (χ0) is 24.4. The summed E-state index contributed by atoms with van der Waals surface area (Å²) in [5.74, 6) is 0.651. The van der Waals surface area contributed by atoms with Crippen LogP contribution in [-0.2, 0) is 19.1 Å². The summed E-state index contributed by atoms with van der Waals surface area (Å²) < 4.78 is 12.0. The zero-order valence-electron chi connectivity index (χ0n) is 21.0. The van der Waals surface area contributed by atoms with E-state index >= 15 is 0 Å². The van der Waals surface area contributed by atoms with Crippen molar-refractivity contribution < 1.29 is 29.3 Å². The molecule has 1 saturated heterocycles. The fraction of sp³-hybridized carbons (Fsp3) is 0.786. The van der Waals surface area contributed by atoms with Gasteiger partial charge in [-0.15, -0.1) is 0 Å². The van der Waals surface area contributed by atoms with Gasteiger partial charge in [0.05, 0.1) is 11.5 Å². The standard InChI is InChI=1S/C28H38O6/c1-14-12-22(33-24(31)15(14)2)27(5,32)19-7-6-17-16-13-23-28(34-23)21(30)9-8-20(29)26(28,4)18(16)10-11-25(17,19)3/h8-9,16-19,21-23,30,32H,6-7,10-13H2,1-5H3/t16-,17+,18-,19+,21+,22+,23-,25+,26+,27+,28-/m1/s1. The Morgan fingerprint density at radius 1 is 1.12 bits per heavy atom. The maximum absolute atomic E-state index is 13.3. The molecular weight excluding hydrogens is 432 g/mol. The molecule has 2 heterocycles. The molecular formula is C28H38O6. The Kier molecular flexibility index (Phi) is 4.61. The molecule has 2 N–H and O–H groups in total. The van der Waals surface area contributed by atoms with Gasteiger partial charge < -0.3 is 19.7 Å². The first-order valence-electron chi connectivity index (χ1n) is 13.1. The van der Waals surface area contributed by atoms with Gasteiger partial charge in [-0.1, -0.05) is 12.5 Å². The third kappa shape index (κ3) is 2.53. The van der Waals surface area contributed by atoms with E-state index in [1.54, 1.807) is 19.1 Å². The van der Waals surface area contributed by atoms with Gasteiger partial charge in [0.25, 0.3) is 0 Å². The number of epoxide rings is 1. The van der Waals surface area contributed by atoms with Crippen LogP contribution in [0.5, 0.6) is 0 Å². The number of cyclic esters (lactones) is 1. The monoisotopic (exact) mass is 470 g/mol. The molecule has 0 amide bonds. The Balaban J connectivity index is 1.31. The van der Waals surface area contributed by atoms with Crippen molar-refractivity contribution in [3.05, 3.63) is 23.3 Å². The van der Waals surface area contributed by atoms with E-state index < -0.39 is 28.8 Å². The molecule has 3 saturated carbocycles. The molecule has 0 aromatic heterocycles. The quantitative estimate of drug-likeness (QED) is 0.474. The van der Waals surface area contributed by atoms with Gasteiger partial charge in [-0.05, 0) is 101 Å². The van der Waals surface area contributed by atoms with E-state index in [0.717, 1.165) is 37.7 Å². The van der Waals surface area contributed by atoms with Gasteiger partial charge in [-0.2, -0.15) is 0 Å². The third-order valence-electron chi connectivity index (χ3n) is 11.7. The van der Waals surface area contributed by atoms with Crippen LogP contribution in [0.25, 0.3) is 0 Å². The van der Waals surface area contributed by atoms with E-state index in [1.807, 2.05) is 20.8 Å². The number of hydrogen-bond acceptors (Lipinski definition) is 6. The predicted molar refractivity (Wildman–Crippen MR) is 125 cm³/mol. The second kappa shape index (κ2) is 6.83. The van der Waals surface area contributed by atoms with Crippen LogP contribution in [0.4, 0.5) is 0 Å². The van der Waals surface area contributed by atoms with Gasteiger partial charge in [0.15, 0.2) is 5.78 Å². The summed E-state index contributed by atoms with van der Waals surface area (Å²) >= 11 is 0. The number of hydrogen-bond donors (Lipinski definition) is 2. The fourth-order valence-electron chi connectivity index (χ4n) is 9.56. The summed E-state index contributed by atoms with van der Waals surface area (Å²) in [7, 11) is 0. The lowest BCUT2D eigenvalue weighted by Gasteiger charge is -2.59. The molecule has 0 bridgehead atoms. The number of ketones is 1. The molecule has 11 atom stereocenters. The average Bonchev–Trinajstić information content (AvgIpc) is 3.40. The number of esters is 1. The second-order valence-corrected chi connectivity index (χ2v) is 12.8. The Bertz CT molecular complexity index is 1030. The summed E-state index contributed by atoms with van der Waals surface area (Å²) in [6, 6.07) is 0. The molecule has 0 radical (unpaired) electrons. The Morgan fingerprint density at radius 2 is 1.85 bits per heavy atom. The van der Waals surface area contributed by atoms with Crippen molar-refractivity contribution in [2.75, 3.05) is 0 Å². The predicted octanol–water partition coefficient (Wildman–Crippen LogP) is 3.50.